The molecule has 2 fully saturated rings. The number of allylic oxidation sites excluding steroid dienone is 1. The summed E-state index contributed by atoms with van der Waals surface area (Å²) in [5.41, 5.74) is 1.23. The molecule has 0 radical (unpaired) electrons. The first kappa shape index (κ1) is 42.9. The topological polar surface area (TPSA) is 194 Å². The third-order valence-electron chi connectivity index (χ3n) is 10.8. The maximum absolute atomic E-state index is 14.0. The molecule has 3 aliphatic rings. The lowest BCUT2D eigenvalue weighted by atomic mass is 9.82. The zero-order valence-corrected chi connectivity index (χ0v) is 31.7. The van der Waals surface area contributed by atoms with Gasteiger partial charge in [-0.3, -0.25) is 9.59 Å². The molecule has 0 saturated carbocycles. The predicted molar refractivity (Wildman–Crippen MR) is 187 cm³/mol. The normalized spacial score (nSPS) is 39.6. The molecule has 2 bridgehead atoms. The number of ketones is 1. The number of esters is 1. The number of carbonyl (C=O) groups is 3. The summed E-state index contributed by atoms with van der Waals surface area (Å²) in [4.78, 5) is 48.3. The van der Waals surface area contributed by atoms with Crippen LogP contribution in [0.25, 0.3) is 0 Å². The first-order valence-corrected chi connectivity index (χ1v) is 18.5. The molecule has 51 heavy (non-hydrogen) atoms. The zero-order valence-electron chi connectivity index (χ0n) is 31.7. The maximum Gasteiger partial charge on any atom is 0.329 e. The highest BCUT2D eigenvalue weighted by molar-refractivity contribution is 6.39. The molecule has 1 amide bonds. The molecular weight excluding hydrogens is 664 g/mol. The fourth-order valence-electron chi connectivity index (χ4n) is 7.75. The van der Waals surface area contributed by atoms with Crippen LogP contribution < -0.4 is 0 Å². The Hall–Kier alpha value is -2.46. The number of aliphatic hydroxyl groups is 4. The third kappa shape index (κ3) is 10.6. The molecule has 4 N–H and O–H groups in total. The van der Waals surface area contributed by atoms with Crippen molar-refractivity contribution in [3.05, 3.63) is 11.6 Å². The van der Waals surface area contributed by atoms with E-state index in [0.717, 1.165) is 10.5 Å². The summed E-state index contributed by atoms with van der Waals surface area (Å²) in [5.74, 6) is -7.38. The van der Waals surface area contributed by atoms with E-state index in [9.17, 15) is 34.8 Å². The van der Waals surface area contributed by atoms with Gasteiger partial charge in [0, 0.05) is 44.9 Å². The van der Waals surface area contributed by atoms with Crippen LogP contribution in [0.1, 0.15) is 92.9 Å². The number of methoxy groups -OCH3 is 2. The maximum atomic E-state index is 14.0. The van der Waals surface area contributed by atoms with Crippen LogP contribution in [-0.4, -0.2) is 131 Å². The molecule has 3 heterocycles. The van der Waals surface area contributed by atoms with Gasteiger partial charge < -0.3 is 49.1 Å². The number of amides is 1. The minimum atomic E-state index is -2.50. The van der Waals surface area contributed by atoms with Crippen molar-refractivity contribution in [3.63, 3.8) is 0 Å². The van der Waals surface area contributed by atoms with Crippen molar-refractivity contribution in [2.24, 2.45) is 28.8 Å². The van der Waals surface area contributed by atoms with Gasteiger partial charge >= 0.3 is 5.97 Å². The molecule has 3 aliphatic heterocycles. The Morgan fingerprint density at radius 3 is 2.33 bits per heavy atom. The van der Waals surface area contributed by atoms with Crippen molar-refractivity contribution in [2.45, 2.75) is 141 Å². The first-order chi connectivity index (χ1) is 24.1. The molecule has 292 valence electrons. The molecule has 14 heteroatoms. The quantitative estimate of drug-likeness (QED) is 0.0750. The van der Waals surface area contributed by atoms with Crippen LogP contribution in [0, 0.1) is 23.7 Å². The van der Waals surface area contributed by atoms with Gasteiger partial charge in [0.1, 0.15) is 24.9 Å². The fraction of sp³-hybridized carbons (Fsp3) is 0.838. The van der Waals surface area contributed by atoms with Crippen LogP contribution in [0.5, 0.6) is 0 Å². The zero-order chi connectivity index (χ0) is 38.0. The Kier molecular flexibility index (Phi) is 16.5. The summed E-state index contributed by atoms with van der Waals surface area (Å²) < 4.78 is 23.8. The summed E-state index contributed by atoms with van der Waals surface area (Å²) in [7, 11) is 3.05. The summed E-state index contributed by atoms with van der Waals surface area (Å²) in [5, 5.41) is 47.8. The van der Waals surface area contributed by atoms with E-state index in [-0.39, 0.29) is 56.6 Å². The summed E-state index contributed by atoms with van der Waals surface area (Å²) in [6.45, 7) is 10.5. The van der Waals surface area contributed by atoms with Crippen molar-refractivity contribution in [3.8, 4) is 0 Å². The molecule has 0 spiro atoms. The van der Waals surface area contributed by atoms with Crippen molar-refractivity contribution in [1.82, 2.24) is 4.90 Å². The standard InChI is InChI=1S/C37H62N2O12/c1-9-26-17-21(2)16-22(3)18-30(47-7)33-31(48-8)19-23(4)37(46,51-33)34(43)35(44)39-13-11-10-12-27(39)36(45)50-32(25(6)38-49-15-14-40)24(5)28(41)20-29(26)42/h17,22-24,26-33,40-42,46H,9-16,18-20H2,1-8H3/b21-17+,38-25+/t22-,23+,24+,26+,27-,28-,29+,30-,31-,32-,33+,37+/m0/s1. The molecule has 0 aromatic carbocycles. The molecule has 0 unspecified atom stereocenters. The molecule has 0 aromatic rings. The van der Waals surface area contributed by atoms with Gasteiger partial charge in [-0.1, -0.05) is 44.5 Å². The van der Waals surface area contributed by atoms with Crippen molar-refractivity contribution >= 4 is 23.4 Å². The smallest absolute Gasteiger partial charge is 0.329 e. The number of ether oxygens (including phenoxy) is 4. The first-order valence-electron chi connectivity index (χ1n) is 18.5. The Bertz CT molecular complexity index is 1230. The lowest BCUT2D eigenvalue weighted by Gasteiger charge is -2.47. The third-order valence-corrected chi connectivity index (χ3v) is 10.8. The van der Waals surface area contributed by atoms with E-state index >= 15 is 0 Å². The van der Waals surface area contributed by atoms with E-state index in [4.69, 9.17) is 23.8 Å². The monoisotopic (exact) mass is 726 g/mol. The Balaban J connectivity index is 2.10. The molecule has 3 rings (SSSR count). The minimum absolute atomic E-state index is 0.0136. The molecule has 2 saturated heterocycles. The highest BCUT2D eigenvalue weighted by atomic mass is 16.7. The summed E-state index contributed by atoms with van der Waals surface area (Å²) in [6, 6.07) is -1.16. The van der Waals surface area contributed by atoms with Crippen LogP contribution in [0.3, 0.4) is 0 Å². The van der Waals surface area contributed by atoms with Crippen LogP contribution >= 0.6 is 0 Å². The number of fused-ring (bicyclic) bond motifs is 3. The van der Waals surface area contributed by atoms with E-state index in [1.165, 1.54) is 14.2 Å². The number of aliphatic hydroxyl groups excluding tert-OH is 3. The number of nitrogens with zero attached hydrogens (tertiary/aromatic N) is 2. The van der Waals surface area contributed by atoms with E-state index in [2.05, 4.69) is 12.1 Å². The van der Waals surface area contributed by atoms with Crippen molar-refractivity contribution in [2.75, 3.05) is 34.0 Å². The van der Waals surface area contributed by atoms with Crippen LogP contribution in [0.4, 0.5) is 0 Å². The lowest BCUT2D eigenvalue weighted by Crippen LogP contribution is -2.64. The molecule has 0 aliphatic carbocycles. The Morgan fingerprint density at radius 1 is 1.04 bits per heavy atom. The average Bonchev–Trinajstić information content (AvgIpc) is 3.11. The Morgan fingerprint density at radius 2 is 1.71 bits per heavy atom. The van der Waals surface area contributed by atoms with Crippen molar-refractivity contribution in [1.29, 1.82) is 0 Å². The number of oxime groups is 1. The van der Waals surface area contributed by atoms with Gasteiger partial charge in [0.2, 0.25) is 5.79 Å². The molecule has 12 atom stereocenters. The Labute approximate surface area is 302 Å². The van der Waals surface area contributed by atoms with E-state index < -0.39 is 77.9 Å². The lowest BCUT2D eigenvalue weighted by molar-refractivity contribution is -0.302. The number of hydrogen-bond acceptors (Lipinski definition) is 13. The number of rotatable bonds is 7. The van der Waals surface area contributed by atoms with Gasteiger partial charge in [-0.05, 0) is 64.7 Å². The number of piperidine rings is 1. The number of Topliss-reactive ketones (excluding diaryl/α,β-unsaturated/α-hetero) is 1. The van der Waals surface area contributed by atoms with Gasteiger partial charge in [0.25, 0.3) is 11.7 Å². The minimum Gasteiger partial charge on any atom is -0.454 e. The van der Waals surface area contributed by atoms with E-state index in [0.29, 0.717) is 32.1 Å². The van der Waals surface area contributed by atoms with Crippen LogP contribution in [-0.2, 0) is 38.2 Å². The number of hydrogen-bond donors (Lipinski definition) is 4. The van der Waals surface area contributed by atoms with Gasteiger partial charge in [-0.15, -0.1) is 0 Å². The number of carbonyl (C=O) groups excluding carboxylic acids is 3. The molecule has 14 nitrogen and oxygen atoms in total. The van der Waals surface area contributed by atoms with Gasteiger partial charge in [0.15, 0.2) is 0 Å². The van der Waals surface area contributed by atoms with E-state index in [1.807, 2.05) is 19.9 Å². The van der Waals surface area contributed by atoms with Crippen molar-refractivity contribution < 1.29 is 58.6 Å². The van der Waals surface area contributed by atoms with Crippen LogP contribution in [0.15, 0.2) is 16.8 Å². The second kappa shape index (κ2) is 19.6. The highest BCUT2D eigenvalue weighted by Gasteiger charge is 2.56. The highest BCUT2D eigenvalue weighted by Crippen LogP contribution is 2.39. The second-order valence-corrected chi connectivity index (χ2v) is 14.8. The summed E-state index contributed by atoms with van der Waals surface area (Å²) >= 11 is 0. The fourth-order valence-corrected chi connectivity index (χ4v) is 7.75. The SMILES string of the molecule is CC[C@@H]1/C=C(\C)C[C@H](C)C[C@H](OC)[C@H]2O[C@@](O)(C(=O)C(=O)N3CCCC[C@H]3C(=O)O[C@H](/C(C)=N/OCCO)[C@H](C)[C@@H](O)C[C@H]1O)[C@H](C)C[C@@H]2OC. The van der Waals surface area contributed by atoms with Gasteiger partial charge in [0.05, 0.1) is 36.7 Å². The predicted octanol–water partition coefficient (Wildman–Crippen LogP) is 2.53. The number of cyclic esters (lactones) is 1. The summed E-state index contributed by atoms with van der Waals surface area (Å²) in [6.07, 6.45) is 0.0808. The average molecular weight is 727 g/mol. The van der Waals surface area contributed by atoms with Crippen LogP contribution in [0.2, 0.25) is 0 Å². The largest absolute Gasteiger partial charge is 0.454 e. The molecular formula is C37H62N2O12. The second-order valence-electron chi connectivity index (χ2n) is 14.8. The van der Waals surface area contributed by atoms with Gasteiger partial charge in [-0.25, -0.2) is 4.79 Å². The molecule has 0 aromatic heterocycles. The van der Waals surface area contributed by atoms with Gasteiger partial charge in [-0.2, -0.15) is 0 Å². The van der Waals surface area contributed by atoms with E-state index in [1.54, 1.807) is 20.8 Å².